The Hall–Kier alpha value is -2.87. The van der Waals surface area contributed by atoms with E-state index < -0.39 is 0 Å². The van der Waals surface area contributed by atoms with Crippen LogP contribution < -0.4 is 11.2 Å². The lowest BCUT2D eigenvalue weighted by atomic mass is 9.97. The molecule has 1 aromatic carbocycles. The maximum absolute atomic E-state index is 13.4. The number of nitrogens with zero attached hydrogens (tertiary/aromatic N) is 3. The van der Waals surface area contributed by atoms with Gasteiger partial charge in [0, 0.05) is 19.6 Å². The lowest BCUT2D eigenvalue weighted by molar-refractivity contribution is -0.144. The molecule has 0 saturated carbocycles. The highest BCUT2D eigenvalue weighted by Crippen LogP contribution is 2.32. The molecule has 4 rings (SSSR count). The number of likely N-dealkylation sites (tertiary alicyclic amines) is 1. The highest BCUT2D eigenvalue weighted by molar-refractivity contribution is 5.96. The number of piperidine rings is 1. The molecule has 8 heteroatoms. The van der Waals surface area contributed by atoms with Gasteiger partial charge in [-0.2, -0.15) is 0 Å². The van der Waals surface area contributed by atoms with Crippen LogP contribution in [0.4, 0.5) is 0 Å². The summed E-state index contributed by atoms with van der Waals surface area (Å²) in [6.07, 6.45) is 7.75. The number of fused-ring (bicyclic) bond motifs is 1. The van der Waals surface area contributed by atoms with Crippen molar-refractivity contribution < 1.29 is 14.4 Å². The topological polar surface area (TPSA) is 99.0 Å². The molecule has 0 aliphatic carbocycles. The highest BCUT2D eigenvalue weighted by atomic mass is 16.2. The Morgan fingerprint density at radius 2 is 1.83 bits per heavy atom. The van der Waals surface area contributed by atoms with Gasteiger partial charge >= 0.3 is 0 Å². The van der Waals surface area contributed by atoms with Crippen molar-refractivity contribution in [3.05, 3.63) is 47.2 Å². The number of unbranched alkanes of at least 4 members (excludes halogenated alkanes) is 2. The van der Waals surface area contributed by atoms with Crippen molar-refractivity contribution in [2.75, 3.05) is 26.2 Å². The number of primary amides is 1. The van der Waals surface area contributed by atoms with Gasteiger partial charge in [-0.15, -0.1) is 0 Å². The van der Waals surface area contributed by atoms with Crippen molar-refractivity contribution in [3.63, 3.8) is 0 Å². The third-order valence-corrected chi connectivity index (χ3v) is 7.24. The molecule has 36 heavy (non-hydrogen) atoms. The minimum Gasteiger partial charge on any atom is -0.369 e. The van der Waals surface area contributed by atoms with E-state index in [4.69, 9.17) is 5.73 Å². The number of piperazine rings is 1. The molecule has 3 atom stereocenters. The number of carbonyl (C=O) groups excluding carboxylic acids is 3. The molecule has 0 radical (unpaired) electrons. The minimum atomic E-state index is -0.359. The summed E-state index contributed by atoms with van der Waals surface area (Å²) in [6.45, 7) is 9.74. The first kappa shape index (κ1) is 27.7. The van der Waals surface area contributed by atoms with E-state index in [-0.39, 0.29) is 42.3 Å². The zero-order chi connectivity index (χ0) is 26.2. The van der Waals surface area contributed by atoms with Gasteiger partial charge in [-0.05, 0) is 37.8 Å². The normalized spacial score (nSPS) is 23.6. The van der Waals surface area contributed by atoms with E-state index in [2.05, 4.69) is 43.5 Å². The standard InChI is InChI=1S/C26H37N5O3.C2H6/c1-3-4-5-8-21-16-30(17-24(32)29-13-6-7-20(15-29)25(27)33)26(34)23-14-22(28-31(21)23)19-11-9-18(2)10-12-19;1-2/h9-12,14,20-22,28H,3-8,13,15-17H2,1-2H3,(H2,27,33);1-2H3. The van der Waals surface area contributed by atoms with E-state index in [0.717, 1.165) is 44.1 Å². The van der Waals surface area contributed by atoms with E-state index in [9.17, 15) is 14.4 Å². The Bertz CT molecular complexity index is 945. The molecule has 3 aliphatic rings. The second-order valence-electron chi connectivity index (χ2n) is 9.86. The summed E-state index contributed by atoms with van der Waals surface area (Å²) in [5.74, 6) is -0.890. The molecule has 0 aromatic heterocycles. The van der Waals surface area contributed by atoms with Crippen LogP contribution >= 0.6 is 0 Å². The SMILES string of the molecule is CC.CCCCCC1CN(CC(=O)N2CCCC(C(N)=O)C2)C(=O)C2=CC(c3ccc(C)cc3)NN21. The summed E-state index contributed by atoms with van der Waals surface area (Å²) in [6, 6.07) is 8.38. The predicted molar refractivity (Wildman–Crippen MR) is 141 cm³/mol. The fourth-order valence-electron chi connectivity index (χ4n) is 5.18. The van der Waals surface area contributed by atoms with Gasteiger partial charge in [-0.3, -0.25) is 19.4 Å². The first-order chi connectivity index (χ1) is 17.4. The molecule has 3 unspecified atom stereocenters. The summed E-state index contributed by atoms with van der Waals surface area (Å²) in [5, 5.41) is 2.04. The van der Waals surface area contributed by atoms with Crippen molar-refractivity contribution >= 4 is 17.7 Å². The third kappa shape index (κ3) is 6.46. The molecule has 2 fully saturated rings. The molecule has 198 valence electrons. The van der Waals surface area contributed by atoms with Gasteiger partial charge in [-0.25, -0.2) is 5.43 Å². The number of hydrogen-bond donors (Lipinski definition) is 2. The Labute approximate surface area is 215 Å². The Morgan fingerprint density at radius 3 is 2.50 bits per heavy atom. The molecule has 2 saturated heterocycles. The van der Waals surface area contributed by atoms with Crippen LogP contribution in [0.3, 0.4) is 0 Å². The summed E-state index contributed by atoms with van der Waals surface area (Å²) in [7, 11) is 0. The van der Waals surface area contributed by atoms with Crippen molar-refractivity contribution in [2.24, 2.45) is 11.7 Å². The number of benzene rings is 1. The van der Waals surface area contributed by atoms with Crippen molar-refractivity contribution in [1.82, 2.24) is 20.2 Å². The van der Waals surface area contributed by atoms with Crippen molar-refractivity contribution in [3.8, 4) is 0 Å². The van der Waals surface area contributed by atoms with E-state index in [1.807, 2.05) is 24.9 Å². The minimum absolute atomic E-state index is 0.0367. The average molecular weight is 498 g/mol. The van der Waals surface area contributed by atoms with Gasteiger partial charge < -0.3 is 15.5 Å². The van der Waals surface area contributed by atoms with Gasteiger partial charge in [0.15, 0.2) is 0 Å². The number of rotatable bonds is 8. The zero-order valence-corrected chi connectivity index (χ0v) is 22.3. The molecular formula is C28H43N5O3. The fraction of sp³-hybridized carbons (Fsp3) is 0.607. The van der Waals surface area contributed by atoms with Crippen molar-refractivity contribution in [2.45, 2.75) is 78.3 Å². The summed E-state index contributed by atoms with van der Waals surface area (Å²) in [4.78, 5) is 41.5. The number of nitrogens with one attached hydrogen (secondary N) is 1. The summed E-state index contributed by atoms with van der Waals surface area (Å²) < 4.78 is 0. The second kappa shape index (κ2) is 12.9. The largest absolute Gasteiger partial charge is 0.369 e. The Balaban J connectivity index is 0.00000176. The molecule has 1 aromatic rings. The number of amides is 3. The number of hydrazine groups is 1. The van der Waals surface area contributed by atoms with Crippen LogP contribution in [0.2, 0.25) is 0 Å². The summed E-state index contributed by atoms with van der Waals surface area (Å²) >= 11 is 0. The van der Waals surface area contributed by atoms with Crippen LogP contribution in [0.15, 0.2) is 36.0 Å². The molecule has 0 spiro atoms. The lowest BCUT2D eigenvalue weighted by Crippen LogP contribution is -2.58. The first-order valence-corrected chi connectivity index (χ1v) is 13.6. The zero-order valence-electron chi connectivity index (χ0n) is 22.3. The number of hydrogen-bond acceptors (Lipinski definition) is 5. The highest BCUT2D eigenvalue weighted by Gasteiger charge is 2.41. The van der Waals surface area contributed by atoms with Crippen LogP contribution in [0.5, 0.6) is 0 Å². The average Bonchev–Trinajstić information content (AvgIpc) is 3.34. The molecule has 3 amide bonds. The maximum atomic E-state index is 13.4. The molecule has 3 heterocycles. The quantitative estimate of drug-likeness (QED) is 0.537. The van der Waals surface area contributed by atoms with Gasteiger partial charge in [0.25, 0.3) is 5.91 Å². The van der Waals surface area contributed by atoms with E-state index in [1.165, 1.54) is 5.56 Å². The van der Waals surface area contributed by atoms with E-state index >= 15 is 0 Å². The van der Waals surface area contributed by atoms with Gasteiger partial charge in [0.2, 0.25) is 11.8 Å². The van der Waals surface area contributed by atoms with E-state index in [0.29, 0.717) is 25.3 Å². The van der Waals surface area contributed by atoms with Crippen molar-refractivity contribution in [1.29, 1.82) is 0 Å². The predicted octanol–water partition coefficient (Wildman–Crippen LogP) is 3.28. The Kier molecular flexibility index (Phi) is 9.93. The monoisotopic (exact) mass is 497 g/mol. The Morgan fingerprint density at radius 1 is 1.11 bits per heavy atom. The van der Waals surface area contributed by atoms with Crippen LogP contribution in [-0.4, -0.2) is 64.8 Å². The van der Waals surface area contributed by atoms with Gasteiger partial charge in [-0.1, -0.05) is 69.9 Å². The van der Waals surface area contributed by atoms with Gasteiger partial charge in [0.1, 0.15) is 12.2 Å². The van der Waals surface area contributed by atoms with Gasteiger partial charge in [0.05, 0.1) is 18.0 Å². The molecule has 8 nitrogen and oxygen atoms in total. The summed E-state index contributed by atoms with van der Waals surface area (Å²) in [5.41, 5.74) is 11.9. The smallest absolute Gasteiger partial charge is 0.271 e. The number of carbonyl (C=O) groups is 3. The number of aryl methyl sites for hydroxylation is 1. The number of nitrogens with two attached hydrogens (primary N) is 1. The fourth-order valence-corrected chi connectivity index (χ4v) is 5.18. The maximum Gasteiger partial charge on any atom is 0.271 e. The lowest BCUT2D eigenvalue weighted by Gasteiger charge is -2.42. The van der Waals surface area contributed by atoms with E-state index in [1.54, 1.807) is 9.80 Å². The molecular weight excluding hydrogens is 454 g/mol. The van der Waals surface area contributed by atoms with Crippen LogP contribution in [0.1, 0.15) is 76.5 Å². The molecule has 0 bridgehead atoms. The van der Waals surface area contributed by atoms with Crippen LogP contribution in [0, 0.1) is 12.8 Å². The van der Waals surface area contributed by atoms with Crippen LogP contribution in [-0.2, 0) is 14.4 Å². The van der Waals surface area contributed by atoms with Crippen LogP contribution in [0.25, 0.3) is 0 Å². The molecule has 3 aliphatic heterocycles. The second-order valence-corrected chi connectivity index (χ2v) is 9.86. The molecule has 3 N–H and O–H groups in total. The first-order valence-electron chi connectivity index (χ1n) is 13.6. The third-order valence-electron chi connectivity index (χ3n) is 7.24.